The first-order valence-corrected chi connectivity index (χ1v) is 10.4. The van der Waals surface area contributed by atoms with Gasteiger partial charge in [0.05, 0.1) is 11.0 Å². The number of benzene rings is 1. The summed E-state index contributed by atoms with van der Waals surface area (Å²) in [7, 11) is 0. The molecule has 0 aliphatic rings. The molecule has 0 saturated carbocycles. The van der Waals surface area contributed by atoms with E-state index in [0.29, 0.717) is 18.7 Å². The van der Waals surface area contributed by atoms with Gasteiger partial charge in [0.25, 0.3) is 5.91 Å². The number of carbonyl (C=O) groups is 1. The summed E-state index contributed by atoms with van der Waals surface area (Å²) in [5, 5.41) is 0. The van der Waals surface area contributed by atoms with E-state index in [4.69, 9.17) is 4.98 Å². The Kier molecular flexibility index (Phi) is 6.78. The Labute approximate surface area is 172 Å². The minimum atomic E-state index is -0.382. The number of carbonyl (C=O) groups excluding carboxylic acids is 1. The van der Waals surface area contributed by atoms with Gasteiger partial charge in [-0.1, -0.05) is 20.3 Å². The van der Waals surface area contributed by atoms with E-state index in [2.05, 4.69) is 39.3 Å². The highest BCUT2D eigenvalue weighted by Gasteiger charge is 2.20. The van der Waals surface area contributed by atoms with Crippen molar-refractivity contribution in [3.8, 4) is 0 Å². The third kappa shape index (κ3) is 4.41. The Morgan fingerprint density at radius 1 is 1.25 bits per heavy atom. The van der Waals surface area contributed by atoms with Crippen LogP contribution in [0.3, 0.4) is 0 Å². The quantitative estimate of drug-likeness (QED) is 0.478. The predicted molar refractivity (Wildman–Crippen MR) is 112 cm³/mol. The SMILES string of the molecule is CCCCN(Cc1nc2cccnc2n1CCC)C(=O)c1ccc(F)c(Br)c1. The number of aromatic nitrogens is 3. The van der Waals surface area contributed by atoms with Crippen molar-refractivity contribution in [1.82, 2.24) is 19.4 Å². The summed E-state index contributed by atoms with van der Waals surface area (Å²) in [6.07, 6.45) is 4.57. The first kappa shape index (κ1) is 20.5. The fourth-order valence-electron chi connectivity index (χ4n) is 3.17. The summed E-state index contributed by atoms with van der Waals surface area (Å²) in [6, 6.07) is 8.18. The van der Waals surface area contributed by atoms with Gasteiger partial charge in [-0.3, -0.25) is 4.79 Å². The van der Waals surface area contributed by atoms with Gasteiger partial charge in [-0.05, 0) is 59.1 Å². The highest BCUT2D eigenvalue weighted by atomic mass is 79.9. The number of unbranched alkanes of at least 4 members (excludes halogenated alkanes) is 1. The van der Waals surface area contributed by atoms with Crippen LogP contribution in [-0.4, -0.2) is 31.9 Å². The van der Waals surface area contributed by atoms with Gasteiger partial charge in [-0.25, -0.2) is 14.4 Å². The summed E-state index contributed by atoms with van der Waals surface area (Å²) < 4.78 is 16.0. The predicted octanol–water partition coefficient (Wildman–Crippen LogP) is 5.19. The maximum absolute atomic E-state index is 13.6. The molecule has 0 atom stereocenters. The second-order valence-corrected chi connectivity index (χ2v) is 7.59. The molecule has 0 saturated heterocycles. The molecule has 28 heavy (non-hydrogen) atoms. The molecule has 7 heteroatoms. The van der Waals surface area contributed by atoms with Crippen LogP contribution >= 0.6 is 15.9 Å². The third-order valence-corrected chi connectivity index (χ3v) is 5.21. The van der Waals surface area contributed by atoms with Gasteiger partial charge >= 0.3 is 0 Å². The van der Waals surface area contributed by atoms with Crippen molar-refractivity contribution < 1.29 is 9.18 Å². The van der Waals surface area contributed by atoms with E-state index in [0.717, 1.165) is 42.8 Å². The van der Waals surface area contributed by atoms with Gasteiger partial charge in [-0.2, -0.15) is 0 Å². The van der Waals surface area contributed by atoms with Crippen LogP contribution in [0.4, 0.5) is 4.39 Å². The minimum Gasteiger partial charge on any atom is -0.331 e. The zero-order valence-corrected chi connectivity index (χ0v) is 17.7. The Balaban J connectivity index is 1.94. The van der Waals surface area contributed by atoms with E-state index < -0.39 is 0 Å². The van der Waals surface area contributed by atoms with Crippen LogP contribution in [0, 0.1) is 5.82 Å². The third-order valence-electron chi connectivity index (χ3n) is 4.60. The molecular formula is C21H24BrFN4O. The maximum atomic E-state index is 13.6. The molecule has 0 aliphatic carbocycles. The Morgan fingerprint density at radius 2 is 2.07 bits per heavy atom. The number of hydrogen-bond donors (Lipinski definition) is 0. The lowest BCUT2D eigenvalue weighted by Gasteiger charge is -2.23. The molecule has 3 aromatic rings. The summed E-state index contributed by atoms with van der Waals surface area (Å²) in [4.78, 5) is 24.1. The van der Waals surface area contributed by atoms with Crippen LogP contribution in [0.2, 0.25) is 0 Å². The molecule has 0 spiro atoms. The van der Waals surface area contributed by atoms with Crippen molar-refractivity contribution in [3.05, 3.63) is 58.2 Å². The monoisotopic (exact) mass is 446 g/mol. The second-order valence-electron chi connectivity index (χ2n) is 6.73. The van der Waals surface area contributed by atoms with Crippen LogP contribution in [0.25, 0.3) is 11.2 Å². The number of imidazole rings is 1. The average molecular weight is 447 g/mol. The van der Waals surface area contributed by atoms with E-state index in [1.54, 1.807) is 11.1 Å². The topological polar surface area (TPSA) is 51.0 Å². The molecule has 0 N–H and O–H groups in total. The van der Waals surface area contributed by atoms with Crippen molar-refractivity contribution in [2.75, 3.05) is 6.54 Å². The lowest BCUT2D eigenvalue weighted by molar-refractivity contribution is 0.0734. The molecule has 5 nitrogen and oxygen atoms in total. The van der Waals surface area contributed by atoms with Crippen molar-refractivity contribution >= 4 is 33.0 Å². The van der Waals surface area contributed by atoms with Crippen molar-refractivity contribution in [3.63, 3.8) is 0 Å². The molecule has 2 heterocycles. The number of hydrogen-bond acceptors (Lipinski definition) is 3. The minimum absolute atomic E-state index is 0.128. The van der Waals surface area contributed by atoms with Crippen molar-refractivity contribution in [1.29, 1.82) is 0 Å². The van der Waals surface area contributed by atoms with Crippen LogP contribution < -0.4 is 0 Å². The van der Waals surface area contributed by atoms with Gasteiger partial charge < -0.3 is 9.47 Å². The number of halogens is 2. The summed E-state index contributed by atoms with van der Waals surface area (Å²) in [6.45, 7) is 6.00. The lowest BCUT2D eigenvalue weighted by Crippen LogP contribution is -2.32. The highest BCUT2D eigenvalue weighted by Crippen LogP contribution is 2.21. The Morgan fingerprint density at radius 3 is 2.79 bits per heavy atom. The molecular weight excluding hydrogens is 423 g/mol. The fraction of sp³-hybridized carbons (Fsp3) is 0.381. The first-order chi connectivity index (χ1) is 13.5. The van der Waals surface area contributed by atoms with Gasteiger partial charge in [0.15, 0.2) is 5.65 Å². The van der Waals surface area contributed by atoms with E-state index in [1.807, 2.05) is 12.1 Å². The molecule has 1 aromatic carbocycles. The van der Waals surface area contributed by atoms with Crippen LogP contribution in [0.15, 0.2) is 41.0 Å². The fourth-order valence-corrected chi connectivity index (χ4v) is 3.55. The number of pyridine rings is 1. The Hall–Kier alpha value is -2.28. The number of rotatable bonds is 8. The van der Waals surface area contributed by atoms with Gasteiger partial charge in [0, 0.05) is 24.8 Å². The zero-order valence-electron chi connectivity index (χ0n) is 16.2. The summed E-state index contributed by atoms with van der Waals surface area (Å²) in [5.41, 5.74) is 2.13. The van der Waals surface area contributed by atoms with Crippen LogP contribution in [0.5, 0.6) is 0 Å². The first-order valence-electron chi connectivity index (χ1n) is 9.59. The van der Waals surface area contributed by atoms with Gasteiger partial charge in [0.1, 0.15) is 17.2 Å². The zero-order chi connectivity index (χ0) is 20.1. The van der Waals surface area contributed by atoms with E-state index in [1.165, 1.54) is 18.2 Å². The molecule has 0 aliphatic heterocycles. The molecule has 148 valence electrons. The smallest absolute Gasteiger partial charge is 0.254 e. The standard InChI is InChI=1S/C21H24BrFN4O/c1-3-5-12-26(21(28)15-8-9-17(23)16(22)13-15)14-19-25-18-7-6-10-24-20(18)27(19)11-4-2/h6-10,13H,3-5,11-12,14H2,1-2H3. The average Bonchev–Trinajstić information content (AvgIpc) is 3.04. The molecule has 3 rings (SSSR count). The van der Waals surface area contributed by atoms with Gasteiger partial charge in [0.2, 0.25) is 0 Å². The van der Waals surface area contributed by atoms with E-state index in [9.17, 15) is 9.18 Å². The van der Waals surface area contributed by atoms with Crippen molar-refractivity contribution in [2.24, 2.45) is 0 Å². The summed E-state index contributed by atoms with van der Waals surface area (Å²) >= 11 is 3.17. The lowest BCUT2D eigenvalue weighted by atomic mass is 10.2. The van der Waals surface area contributed by atoms with E-state index in [-0.39, 0.29) is 16.2 Å². The van der Waals surface area contributed by atoms with Crippen LogP contribution in [-0.2, 0) is 13.1 Å². The molecule has 1 amide bonds. The van der Waals surface area contributed by atoms with Crippen molar-refractivity contribution in [2.45, 2.75) is 46.2 Å². The number of nitrogens with zero attached hydrogens (tertiary/aromatic N) is 4. The number of aryl methyl sites for hydroxylation is 1. The second kappa shape index (κ2) is 9.28. The summed E-state index contributed by atoms with van der Waals surface area (Å²) in [5.74, 6) is 0.311. The number of fused-ring (bicyclic) bond motifs is 1. The largest absolute Gasteiger partial charge is 0.331 e. The molecule has 0 radical (unpaired) electrons. The molecule has 2 aromatic heterocycles. The van der Waals surface area contributed by atoms with Crippen LogP contribution in [0.1, 0.15) is 49.3 Å². The molecule has 0 fully saturated rings. The maximum Gasteiger partial charge on any atom is 0.254 e. The Bertz CT molecular complexity index is 972. The normalized spacial score (nSPS) is 11.1. The molecule has 0 unspecified atom stereocenters. The highest BCUT2D eigenvalue weighted by molar-refractivity contribution is 9.10. The number of amides is 1. The van der Waals surface area contributed by atoms with Gasteiger partial charge in [-0.15, -0.1) is 0 Å². The molecule has 0 bridgehead atoms. The van der Waals surface area contributed by atoms with E-state index >= 15 is 0 Å².